The Morgan fingerprint density at radius 1 is 1.20 bits per heavy atom. The Kier molecular flexibility index (Phi) is 7.33. The third-order valence-electron chi connectivity index (χ3n) is 4.34. The van der Waals surface area contributed by atoms with E-state index in [-0.39, 0.29) is 23.9 Å². The molecule has 2 amide bonds. The van der Waals surface area contributed by atoms with E-state index in [4.69, 9.17) is 0 Å². The molecular weight excluding hydrogens is 318 g/mol. The van der Waals surface area contributed by atoms with Crippen molar-refractivity contribution in [3.63, 3.8) is 0 Å². The number of amides is 2. The molecule has 0 saturated carbocycles. The summed E-state index contributed by atoms with van der Waals surface area (Å²) in [6.07, 6.45) is 3.47. The minimum atomic E-state index is -0.135. The van der Waals surface area contributed by atoms with Crippen LogP contribution in [0.25, 0.3) is 0 Å². The number of piperazine rings is 1. The Morgan fingerprint density at radius 2 is 1.92 bits per heavy atom. The molecule has 0 spiro atoms. The van der Waals surface area contributed by atoms with Gasteiger partial charge in [0.05, 0.1) is 12.6 Å². The van der Waals surface area contributed by atoms with E-state index in [1.807, 2.05) is 32.9 Å². The number of carbonyl (C=O) groups is 2. The van der Waals surface area contributed by atoms with Gasteiger partial charge in [0, 0.05) is 51.2 Å². The molecule has 0 radical (unpaired) electrons. The zero-order valence-electron chi connectivity index (χ0n) is 15.4. The van der Waals surface area contributed by atoms with Gasteiger partial charge in [-0.3, -0.25) is 24.4 Å². The van der Waals surface area contributed by atoms with Crippen LogP contribution in [0.5, 0.6) is 0 Å². The first-order valence-electron chi connectivity index (χ1n) is 8.88. The van der Waals surface area contributed by atoms with Crippen molar-refractivity contribution in [1.29, 1.82) is 0 Å². The van der Waals surface area contributed by atoms with Gasteiger partial charge in [-0.05, 0) is 32.4 Å². The van der Waals surface area contributed by atoms with Crippen LogP contribution < -0.4 is 10.6 Å². The largest absolute Gasteiger partial charge is 0.353 e. The van der Waals surface area contributed by atoms with Crippen LogP contribution in [0.15, 0.2) is 24.5 Å². The van der Waals surface area contributed by atoms with Gasteiger partial charge in [0.15, 0.2) is 0 Å². The summed E-state index contributed by atoms with van der Waals surface area (Å²) in [5.74, 6) is 0.0839. The van der Waals surface area contributed by atoms with Crippen LogP contribution in [0, 0.1) is 0 Å². The lowest BCUT2D eigenvalue weighted by molar-refractivity contribution is -0.128. The number of nitrogens with one attached hydrogen (secondary N) is 2. The van der Waals surface area contributed by atoms with Gasteiger partial charge in [-0.1, -0.05) is 6.07 Å². The maximum atomic E-state index is 12.1. The molecule has 1 aromatic heterocycles. The minimum Gasteiger partial charge on any atom is -0.353 e. The van der Waals surface area contributed by atoms with Crippen LogP contribution in [0.2, 0.25) is 0 Å². The maximum Gasteiger partial charge on any atom is 0.237 e. The summed E-state index contributed by atoms with van der Waals surface area (Å²) in [5, 5.41) is 5.87. The number of aromatic nitrogens is 1. The van der Waals surface area contributed by atoms with Crippen LogP contribution in [-0.4, -0.2) is 71.4 Å². The first-order valence-corrected chi connectivity index (χ1v) is 8.88. The van der Waals surface area contributed by atoms with E-state index in [0.717, 1.165) is 31.7 Å². The van der Waals surface area contributed by atoms with Crippen molar-refractivity contribution in [2.24, 2.45) is 0 Å². The van der Waals surface area contributed by atoms with Gasteiger partial charge in [-0.25, -0.2) is 0 Å². The number of hydrogen-bond acceptors (Lipinski definition) is 5. The Morgan fingerprint density at radius 3 is 2.52 bits per heavy atom. The highest BCUT2D eigenvalue weighted by Crippen LogP contribution is 2.07. The number of carbonyl (C=O) groups excluding carboxylic acids is 2. The number of pyridine rings is 1. The second-order valence-electron chi connectivity index (χ2n) is 6.79. The van der Waals surface area contributed by atoms with Gasteiger partial charge < -0.3 is 10.6 Å². The van der Waals surface area contributed by atoms with E-state index in [0.29, 0.717) is 13.1 Å². The fraction of sp³-hybridized carbons (Fsp3) is 0.611. The topological polar surface area (TPSA) is 77.6 Å². The van der Waals surface area contributed by atoms with Crippen LogP contribution in [-0.2, 0) is 16.1 Å². The highest BCUT2D eigenvalue weighted by Gasteiger charge is 2.26. The third-order valence-corrected chi connectivity index (χ3v) is 4.34. The van der Waals surface area contributed by atoms with Crippen molar-refractivity contribution in [1.82, 2.24) is 25.4 Å². The Labute approximate surface area is 149 Å². The van der Waals surface area contributed by atoms with Crippen molar-refractivity contribution in [3.8, 4) is 0 Å². The van der Waals surface area contributed by atoms with Gasteiger partial charge in [-0.2, -0.15) is 0 Å². The lowest BCUT2D eigenvalue weighted by atomic mass is 10.2. The highest BCUT2D eigenvalue weighted by atomic mass is 16.2. The molecule has 138 valence electrons. The van der Waals surface area contributed by atoms with Crippen molar-refractivity contribution < 1.29 is 9.59 Å². The molecule has 1 aliphatic heterocycles. The summed E-state index contributed by atoms with van der Waals surface area (Å²) in [4.78, 5) is 32.5. The van der Waals surface area contributed by atoms with Crippen molar-refractivity contribution in [3.05, 3.63) is 30.1 Å². The summed E-state index contributed by atoms with van der Waals surface area (Å²) in [6.45, 7) is 9.93. The summed E-state index contributed by atoms with van der Waals surface area (Å²) < 4.78 is 0. The SMILES string of the molecule is CC(C)NC(=O)C(C)N1CCN(CC(=O)NCc2cccnc2)CC1. The molecule has 1 aliphatic rings. The number of hydrogen-bond donors (Lipinski definition) is 2. The Bertz CT molecular complexity index is 556. The molecule has 1 atom stereocenters. The van der Waals surface area contributed by atoms with E-state index < -0.39 is 0 Å². The molecule has 1 unspecified atom stereocenters. The molecule has 0 aliphatic carbocycles. The van der Waals surface area contributed by atoms with Gasteiger partial charge in [0.1, 0.15) is 0 Å². The molecule has 1 fully saturated rings. The first kappa shape index (κ1) is 19.3. The van der Waals surface area contributed by atoms with Crippen LogP contribution in [0.4, 0.5) is 0 Å². The zero-order valence-corrected chi connectivity index (χ0v) is 15.4. The summed E-state index contributed by atoms with van der Waals surface area (Å²) in [7, 11) is 0. The second kappa shape index (κ2) is 9.48. The van der Waals surface area contributed by atoms with Gasteiger partial charge in [0.25, 0.3) is 0 Å². The molecule has 2 N–H and O–H groups in total. The highest BCUT2D eigenvalue weighted by molar-refractivity contribution is 5.81. The lowest BCUT2D eigenvalue weighted by Gasteiger charge is -2.37. The van der Waals surface area contributed by atoms with Crippen LogP contribution >= 0.6 is 0 Å². The van der Waals surface area contributed by atoms with E-state index >= 15 is 0 Å². The molecule has 1 aromatic rings. The van der Waals surface area contributed by atoms with E-state index in [9.17, 15) is 9.59 Å². The summed E-state index contributed by atoms with van der Waals surface area (Å²) >= 11 is 0. The minimum absolute atomic E-state index is 0.0166. The van der Waals surface area contributed by atoms with Gasteiger partial charge >= 0.3 is 0 Å². The van der Waals surface area contributed by atoms with Crippen molar-refractivity contribution in [2.75, 3.05) is 32.7 Å². The predicted octanol–water partition coefficient (Wildman–Crippen LogP) is 0.229. The molecule has 2 heterocycles. The van der Waals surface area contributed by atoms with Crippen molar-refractivity contribution in [2.45, 2.75) is 39.4 Å². The quantitative estimate of drug-likeness (QED) is 0.738. The summed E-state index contributed by atoms with van der Waals surface area (Å²) in [6, 6.07) is 3.82. The molecule has 1 saturated heterocycles. The standard InChI is InChI=1S/C18H29N5O2/c1-14(2)21-18(25)15(3)23-9-7-22(8-10-23)13-17(24)20-12-16-5-4-6-19-11-16/h4-6,11,14-15H,7-10,12-13H2,1-3H3,(H,20,24)(H,21,25). The fourth-order valence-electron chi connectivity index (χ4n) is 2.84. The molecule has 7 heteroatoms. The maximum absolute atomic E-state index is 12.1. The summed E-state index contributed by atoms with van der Waals surface area (Å²) in [5.41, 5.74) is 0.991. The normalized spacial score (nSPS) is 17.3. The van der Waals surface area contributed by atoms with E-state index in [1.165, 1.54) is 0 Å². The molecule has 2 rings (SSSR count). The predicted molar refractivity (Wildman–Crippen MR) is 96.8 cm³/mol. The molecular formula is C18H29N5O2. The smallest absolute Gasteiger partial charge is 0.237 e. The van der Waals surface area contributed by atoms with E-state index in [2.05, 4.69) is 25.4 Å². The van der Waals surface area contributed by atoms with Crippen LogP contribution in [0.3, 0.4) is 0 Å². The molecule has 25 heavy (non-hydrogen) atoms. The Hall–Kier alpha value is -1.99. The average molecular weight is 347 g/mol. The van der Waals surface area contributed by atoms with Crippen molar-refractivity contribution >= 4 is 11.8 Å². The number of nitrogens with zero attached hydrogens (tertiary/aromatic N) is 3. The third kappa shape index (κ3) is 6.43. The lowest BCUT2D eigenvalue weighted by Crippen LogP contribution is -2.55. The van der Waals surface area contributed by atoms with Crippen LogP contribution in [0.1, 0.15) is 26.3 Å². The zero-order chi connectivity index (χ0) is 18.2. The molecule has 7 nitrogen and oxygen atoms in total. The second-order valence-corrected chi connectivity index (χ2v) is 6.79. The van der Waals surface area contributed by atoms with Gasteiger partial charge in [-0.15, -0.1) is 0 Å². The number of rotatable bonds is 7. The average Bonchev–Trinajstić information content (AvgIpc) is 2.60. The molecule has 0 aromatic carbocycles. The Balaban J connectivity index is 1.69. The fourth-order valence-corrected chi connectivity index (χ4v) is 2.84. The first-order chi connectivity index (χ1) is 12.0. The monoisotopic (exact) mass is 347 g/mol. The molecule has 0 bridgehead atoms. The van der Waals surface area contributed by atoms with Gasteiger partial charge in [0.2, 0.25) is 11.8 Å². The van der Waals surface area contributed by atoms with E-state index in [1.54, 1.807) is 12.4 Å².